The van der Waals surface area contributed by atoms with Crippen molar-refractivity contribution in [1.29, 1.82) is 0 Å². The zero-order chi connectivity index (χ0) is 20.4. The Labute approximate surface area is 171 Å². The topological polar surface area (TPSA) is 13.0 Å². The lowest BCUT2D eigenvalue weighted by molar-refractivity contribution is 0.107. The molecule has 0 aliphatic carbocycles. The minimum absolute atomic E-state index is 0.655. The molecule has 0 aromatic carbocycles. The lowest BCUT2D eigenvalue weighted by atomic mass is 10.1. The van der Waals surface area contributed by atoms with Gasteiger partial charge in [-0.2, -0.15) is 0 Å². The van der Waals surface area contributed by atoms with Crippen LogP contribution in [0.1, 0.15) is 74.7 Å². The van der Waals surface area contributed by atoms with E-state index >= 15 is 0 Å². The predicted octanol–water partition coefficient (Wildman–Crippen LogP) is 4.01. The van der Waals surface area contributed by atoms with Crippen molar-refractivity contribution in [2.24, 2.45) is 0 Å². The quantitative estimate of drug-likeness (QED) is 0.477. The Morgan fingerprint density at radius 1 is 0.630 bits per heavy atom. The largest absolute Gasteiger partial charge is 0.301 e. The van der Waals surface area contributed by atoms with E-state index in [0.29, 0.717) is 24.2 Å². The zero-order valence-electron chi connectivity index (χ0n) is 19.9. The molecule has 0 aromatic heterocycles. The van der Waals surface area contributed by atoms with E-state index in [1.54, 1.807) is 0 Å². The van der Waals surface area contributed by atoms with Crippen LogP contribution in [0, 0.1) is 0 Å². The van der Waals surface area contributed by atoms with Crippen LogP contribution in [0.15, 0.2) is 0 Å². The summed E-state index contributed by atoms with van der Waals surface area (Å²) in [7, 11) is 0. The molecule has 0 N–H and O–H groups in total. The van der Waals surface area contributed by atoms with E-state index < -0.39 is 0 Å². The highest BCUT2D eigenvalue weighted by Crippen LogP contribution is 2.11. The van der Waals surface area contributed by atoms with E-state index in [4.69, 9.17) is 0 Å². The van der Waals surface area contributed by atoms with E-state index in [-0.39, 0.29) is 0 Å². The van der Waals surface area contributed by atoms with E-state index in [1.165, 1.54) is 71.6 Å². The maximum atomic E-state index is 2.68. The summed E-state index contributed by atoms with van der Waals surface area (Å²) in [5.41, 5.74) is 0. The molecule has 0 spiro atoms. The van der Waals surface area contributed by atoms with E-state index in [0.717, 1.165) is 0 Å². The Bertz CT molecular complexity index is 353. The molecule has 4 heteroatoms. The maximum absolute atomic E-state index is 2.68. The predicted molar refractivity (Wildman–Crippen MR) is 121 cm³/mol. The highest BCUT2D eigenvalue weighted by Gasteiger charge is 2.19. The first-order valence-corrected chi connectivity index (χ1v) is 11.7. The fourth-order valence-corrected chi connectivity index (χ4v) is 4.53. The van der Waals surface area contributed by atoms with Gasteiger partial charge < -0.3 is 9.80 Å². The SMILES string of the molecule is CCC(C)N(CCCN1CCN(CCCN(C(C)C)C(C)C)CC1)C(C)C. The van der Waals surface area contributed by atoms with Crippen LogP contribution in [-0.4, -0.2) is 96.1 Å². The third-order valence-corrected chi connectivity index (χ3v) is 6.39. The van der Waals surface area contributed by atoms with Gasteiger partial charge in [0.05, 0.1) is 0 Å². The van der Waals surface area contributed by atoms with Crippen molar-refractivity contribution in [2.75, 3.05) is 52.4 Å². The molecular weight excluding hydrogens is 332 g/mol. The van der Waals surface area contributed by atoms with Gasteiger partial charge in [-0.15, -0.1) is 0 Å². The lowest BCUT2D eigenvalue weighted by Gasteiger charge is -2.37. The van der Waals surface area contributed by atoms with Crippen molar-refractivity contribution >= 4 is 0 Å². The Morgan fingerprint density at radius 3 is 1.33 bits per heavy atom. The van der Waals surface area contributed by atoms with Crippen LogP contribution in [0.3, 0.4) is 0 Å². The molecule has 0 radical (unpaired) electrons. The van der Waals surface area contributed by atoms with E-state index in [2.05, 4.69) is 75.0 Å². The monoisotopic (exact) mass is 382 g/mol. The van der Waals surface area contributed by atoms with Crippen molar-refractivity contribution < 1.29 is 0 Å². The maximum Gasteiger partial charge on any atom is 0.0110 e. The molecule has 0 bridgehead atoms. The molecule has 1 rings (SSSR count). The fourth-order valence-electron chi connectivity index (χ4n) is 4.53. The molecule has 1 aliphatic rings. The Morgan fingerprint density at radius 2 is 1.00 bits per heavy atom. The molecule has 1 heterocycles. The number of hydrogen-bond donors (Lipinski definition) is 0. The van der Waals surface area contributed by atoms with Crippen LogP contribution in [0.2, 0.25) is 0 Å². The summed E-state index contributed by atoms with van der Waals surface area (Å²) >= 11 is 0. The van der Waals surface area contributed by atoms with Crippen molar-refractivity contribution in [2.45, 2.75) is 98.8 Å². The van der Waals surface area contributed by atoms with Crippen molar-refractivity contribution in [3.63, 3.8) is 0 Å². The summed E-state index contributed by atoms with van der Waals surface area (Å²) in [5.74, 6) is 0. The van der Waals surface area contributed by atoms with Crippen LogP contribution in [0.25, 0.3) is 0 Å². The Kier molecular flexibility index (Phi) is 12.1. The second-order valence-electron chi connectivity index (χ2n) is 9.40. The van der Waals surface area contributed by atoms with Crippen LogP contribution >= 0.6 is 0 Å². The van der Waals surface area contributed by atoms with E-state index in [1.807, 2.05) is 0 Å². The molecule has 0 aromatic rings. The summed E-state index contributed by atoms with van der Waals surface area (Å²) in [6.07, 6.45) is 3.86. The number of piperazine rings is 1. The summed E-state index contributed by atoms with van der Waals surface area (Å²) in [6, 6.07) is 2.68. The number of nitrogens with zero attached hydrogens (tertiary/aromatic N) is 4. The zero-order valence-corrected chi connectivity index (χ0v) is 19.9. The average molecular weight is 383 g/mol. The smallest absolute Gasteiger partial charge is 0.0110 e. The molecule has 162 valence electrons. The van der Waals surface area contributed by atoms with Gasteiger partial charge in [0.1, 0.15) is 0 Å². The van der Waals surface area contributed by atoms with Crippen molar-refractivity contribution in [1.82, 2.24) is 19.6 Å². The highest BCUT2D eigenvalue weighted by atomic mass is 15.3. The molecule has 1 atom stereocenters. The molecule has 4 nitrogen and oxygen atoms in total. The molecule has 1 fully saturated rings. The standard InChI is InChI=1S/C23H50N4/c1-9-23(8)27(22(6)7)15-11-13-25-18-16-24(17-19-25)12-10-14-26(20(2)3)21(4)5/h20-23H,9-19H2,1-8H3. The summed E-state index contributed by atoms with van der Waals surface area (Å²) < 4.78 is 0. The molecule has 1 saturated heterocycles. The van der Waals surface area contributed by atoms with Gasteiger partial charge in [-0.3, -0.25) is 9.80 Å². The van der Waals surface area contributed by atoms with Gasteiger partial charge in [0.2, 0.25) is 0 Å². The van der Waals surface area contributed by atoms with Crippen LogP contribution < -0.4 is 0 Å². The summed E-state index contributed by atoms with van der Waals surface area (Å²) in [6.45, 7) is 28.7. The third kappa shape index (κ3) is 9.25. The molecule has 1 aliphatic heterocycles. The van der Waals surface area contributed by atoms with Gasteiger partial charge in [-0.25, -0.2) is 0 Å². The fraction of sp³-hybridized carbons (Fsp3) is 1.00. The van der Waals surface area contributed by atoms with Gasteiger partial charge in [0.25, 0.3) is 0 Å². The van der Waals surface area contributed by atoms with Gasteiger partial charge in [-0.05, 0) is 93.9 Å². The van der Waals surface area contributed by atoms with Crippen LogP contribution in [0.5, 0.6) is 0 Å². The lowest BCUT2D eigenvalue weighted by Crippen LogP contribution is -2.48. The van der Waals surface area contributed by atoms with E-state index in [9.17, 15) is 0 Å². The average Bonchev–Trinajstić information content (AvgIpc) is 2.61. The van der Waals surface area contributed by atoms with Gasteiger partial charge in [0, 0.05) is 50.3 Å². The molecule has 1 unspecified atom stereocenters. The van der Waals surface area contributed by atoms with Gasteiger partial charge in [0.15, 0.2) is 0 Å². The number of rotatable bonds is 13. The summed E-state index contributed by atoms with van der Waals surface area (Å²) in [5, 5.41) is 0. The first-order valence-electron chi connectivity index (χ1n) is 11.7. The van der Waals surface area contributed by atoms with Crippen molar-refractivity contribution in [3.05, 3.63) is 0 Å². The van der Waals surface area contributed by atoms with Crippen LogP contribution in [-0.2, 0) is 0 Å². The minimum atomic E-state index is 0.655. The Balaban J connectivity index is 2.21. The highest BCUT2D eigenvalue weighted by molar-refractivity contribution is 4.75. The number of hydrogen-bond acceptors (Lipinski definition) is 4. The second kappa shape index (κ2) is 13.1. The first kappa shape index (κ1) is 24.9. The Hall–Kier alpha value is -0.160. The second-order valence-corrected chi connectivity index (χ2v) is 9.40. The molecule has 0 saturated carbocycles. The van der Waals surface area contributed by atoms with Gasteiger partial charge in [-0.1, -0.05) is 6.92 Å². The molecular formula is C23H50N4. The first-order chi connectivity index (χ1) is 12.8. The molecule has 0 amide bonds. The molecule has 27 heavy (non-hydrogen) atoms. The summed E-state index contributed by atoms with van der Waals surface area (Å²) in [4.78, 5) is 10.6. The normalized spacial score (nSPS) is 18.6. The minimum Gasteiger partial charge on any atom is -0.301 e. The third-order valence-electron chi connectivity index (χ3n) is 6.39. The van der Waals surface area contributed by atoms with Crippen molar-refractivity contribution in [3.8, 4) is 0 Å². The van der Waals surface area contributed by atoms with Crippen LogP contribution in [0.4, 0.5) is 0 Å². The van der Waals surface area contributed by atoms with Gasteiger partial charge >= 0.3 is 0 Å².